The van der Waals surface area contributed by atoms with E-state index in [0.29, 0.717) is 30.4 Å². The van der Waals surface area contributed by atoms with E-state index in [1.807, 2.05) is 42.5 Å². The molecule has 12 heteroatoms. The number of alkyl halides is 3. The molecule has 1 fully saturated rings. The second-order valence-electron chi connectivity index (χ2n) is 9.28. The van der Waals surface area contributed by atoms with Gasteiger partial charge in [-0.3, -0.25) is 4.79 Å². The smallest absolute Gasteiger partial charge is 0.433 e. The maximum Gasteiger partial charge on any atom is 0.433 e. The summed E-state index contributed by atoms with van der Waals surface area (Å²) in [5.74, 6) is 0.215. The molecule has 4 aromatic rings. The zero-order chi connectivity index (χ0) is 28.1. The Balaban J connectivity index is 1.23. The number of esters is 1. The zero-order valence-electron chi connectivity index (χ0n) is 21.5. The van der Waals surface area contributed by atoms with Gasteiger partial charge < -0.3 is 18.9 Å². The summed E-state index contributed by atoms with van der Waals surface area (Å²) in [5, 5.41) is 3.95. The molecule has 1 aliphatic rings. The molecule has 0 bridgehead atoms. The fourth-order valence-electron chi connectivity index (χ4n) is 4.60. The highest BCUT2D eigenvalue weighted by atomic mass is 19.4. The number of nitrogens with zero attached hydrogens (tertiary/aromatic N) is 5. The van der Waals surface area contributed by atoms with Crippen LogP contribution in [0.1, 0.15) is 24.0 Å². The van der Waals surface area contributed by atoms with E-state index in [1.54, 1.807) is 24.0 Å². The van der Waals surface area contributed by atoms with Crippen LogP contribution in [0.5, 0.6) is 5.75 Å². The first kappa shape index (κ1) is 27.1. The van der Waals surface area contributed by atoms with E-state index >= 15 is 0 Å². The maximum absolute atomic E-state index is 13.2. The van der Waals surface area contributed by atoms with Crippen molar-refractivity contribution in [1.29, 1.82) is 0 Å². The van der Waals surface area contributed by atoms with Crippen LogP contribution >= 0.6 is 0 Å². The Morgan fingerprint density at radius 2 is 1.82 bits per heavy atom. The summed E-state index contributed by atoms with van der Waals surface area (Å²) < 4.78 is 55.9. The summed E-state index contributed by atoms with van der Waals surface area (Å²) in [6.45, 7) is 2.52. The Bertz CT molecular complexity index is 1430. The van der Waals surface area contributed by atoms with Crippen molar-refractivity contribution in [3.05, 3.63) is 83.9 Å². The second-order valence-corrected chi connectivity index (χ2v) is 9.28. The minimum Gasteiger partial charge on any atom is -0.485 e. The second kappa shape index (κ2) is 11.7. The lowest BCUT2D eigenvalue weighted by atomic mass is 9.90. The molecule has 0 N–H and O–H groups in total. The fraction of sp³-hybridized carbons (Fsp3) is 0.321. The van der Waals surface area contributed by atoms with Gasteiger partial charge in [-0.1, -0.05) is 35.5 Å². The van der Waals surface area contributed by atoms with Crippen molar-refractivity contribution in [2.45, 2.75) is 26.1 Å². The van der Waals surface area contributed by atoms with Crippen molar-refractivity contribution in [1.82, 2.24) is 20.1 Å². The zero-order valence-corrected chi connectivity index (χ0v) is 21.5. The number of hydrogen-bond donors (Lipinski definition) is 0. The highest BCUT2D eigenvalue weighted by Crippen LogP contribution is 2.33. The van der Waals surface area contributed by atoms with Crippen LogP contribution < -0.4 is 9.64 Å². The first-order chi connectivity index (χ1) is 19.3. The van der Waals surface area contributed by atoms with E-state index in [4.69, 9.17) is 14.0 Å². The molecule has 0 saturated carbocycles. The molecule has 0 radical (unpaired) electrons. The Morgan fingerprint density at radius 3 is 2.55 bits per heavy atom. The molecule has 208 valence electrons. The summed E-state index contributed by atoms with van der Waals surface area (Å²) in [4.78, 5) is 26.4. The molecule has 5 rings (SSSR count). The molecule has 0 amide bonds. The van der Waals surface area contributed by atoms with E-state index in [1.165, 1.54) is 0 Å². The van der Waals surface area contributed by atoms with Crippen LogP contribution in [-0.2, 0) is 28.7 Å². The highest BCUT2D eigenvalue weighted by molar-refractivity contribution is 5.74. The lowest BCUT2D eigenvalue weighted by molar-refractivity contribution is -0.148. The summed E-state index contributed by atoms with van der Waals surface area (Å²) in [7, 11) is 0. The van der Waals surface area contributed by atoms with Crippen LogP contribution in [0.4, 0.5) is 19.1 Å². The van der Waals surface area contributed by atoms with Crippen LogP contribution in [0, 0.1) is 11.8 Å². The molecular formula is C28H26F3N5O4. The van der Waals surface area contributed by atoms with Gasteiger partial charge in [-0.25, -0.2) is 9.97 Å². The van der Waals surface area contributed by atoms with E-state index in [-0.39, 0.29) is 31.6 Å². The molecule has 0 unspecified atom stereocenters. The number of benzene rings is 2. The van der Waals surface area contributed by atoms with Gasteiger partial charge in [0.2, 0.25) is 11.8 Å². The van der Waals surface area contributed by atoms with Crippen LogP contribution in [0.2, 0.25) is 0 Å². The summed E-state index contributed by atoms with van der Waals surface area (Å²) >= 11 is 0. The Morgan fingerprint density at radius 1 is 1.05 bits per heavy atom. The molecule has 0 spiro atoms. The highest BCUT2D eigenvalue weighted by Gasteiger charge is 2.40. The van der Waals surface area contributed by atoms with Crippen molar-refractivity contribution >= 4 is 11.9 Å². The van der Waals surface area contributed by atoms with Gasteiger partial charge in [-0.2, -0.15) is 18.2 Å². The third-order valence-electron chi connectivity index (χ3n) is 6.52. The summed E-state index contributed by atoms with van der Waals surface area (Å²) in [6, 6.07) is 17.6. The first-order valence-corrected chi connectivity index (χ1v) is 12.7. The van der Waals surface area contributed by atoms with Gasteiger partial charge in [-0.15, -0.1) is 0 Å². The molecule has 40 heavy (non-hydrogen) atoms. The minimum absolute atomic E-state index is 0.0627. The van der Waals surface area contributed by atoms with Crippen molar-refractivity contribution in [3.63, 3.8) is 0 Å². The first-order valence-electron chi connectivity index (χ1n) is 12.7. The summed E-state index contributed by atoms with van der Waals surface area (Å²) in [5.41, 5.74) is 0.725. The van der Waals surface area contributed by atoms with E-state index in [2.05, 4.69) is 20.1 Å². The number of ether oxygens (including phenoxy) is 2. The number of anilines is 1. The van der Waals surface area contributed by atoms with Crippen molar-refractivity contribution in [2.24, 2.45) is 11.8 Å². The van der Waals surface area contributed by atoms with Crippen LogP contribution in [0.15, 0.2) is 71.4 Å². The number of carbonyl (C=O) groups excluding carboxylic acids is 1. The van der Waals surface area contributed by atoms with Gasteiger partial charge in [0.05, 0.1) is 12.5 Å². The lowest BCUT2D eigenvalue weighted by Crippen LogP contribution is -2.27. The average Bonchev–Trinajstić information content (AvgIpc) is 3.61. The van der Waals surface area contributed by atoms with Gasteiger partial charge in [0.1, 0.15) is 11.4 Å². The number of rotatable bonds is 9. The molecule has 9 nitrogen and oxygen atoms in total. The Kier molecular flexibility index (Phi) is 7.94. The summed E-state index contributed by atoms with van der Waals surface area (Å²) in [6.07, 6.45) is -3.01. The third-order valence-corrected chi connectivity index (χ3v) is 6.52. The Hall–Kier alpha value is -4.48. The standard InChI is InChI=1S/C28H26F3N5O4/c1-2-38-26(37)22-16-36(27-32-13-12-23(33-27)28(29,30)31)15-20(22)14-18-8-10-21(11-9-18)39-17-24-34-25(40-35-24)19-6-4-3-5-7-19/h3-13,20,22H,2,14-17H2,1H3/t20-,22+/m1/s1. The third kappa shape index (κ3) is 6.38. The van der Waals surface area contributed by atoms with Crippen LogP contribution in [0.3, 0.4) is 0 Å². The molecule has 2 atom stereocenters. The molecule has 2 aromatic carbocycles. The topological polar surface area (TPSA) is 103 Å². The van der Waals surface area contributed by atoms with Crippen molar-refractivity contribution in [2.75, 3.05) is 24.6 Å². The maximum atomic E-state index is 13.2. The van der Waals surface area contributed by atoms with E-state index in [9.17, 15) is 18.0 Å². The molecule has 1 aliphatic heterocycles. The Labute approximate surface area is 228 Å². The molecule has 1 saturated heterocycles. The number of carbonyl (C=O) groups is 1. The number of halogens is 3. The SMILES string of the molecule is CCOC(=O)[C@H]1CN(c2nccc(C(F)(F)F)n2)C[C@H]1Cc1ccc(OCc2noc(-c3ccccc3)n2)cc1. The fourth-order valence-corrected chi connectivity index (χ4v) is 4.60. The van der Waals surface area contributed by atoms with Crippen molar-refractivity contribution < 1.29 is 32.0 Å². The van der Waals surface area contributed by atoms with Gasteiger partial charge in [0, 0.05) is 24.8 Å². The average molecular weight is 554 g/mol. The van der Waals surface area contributed by atoms with E-state index in [0.717, 1.165) is 23.4 Å². The monoisotopic (exact) mass is 553 g/mol. The van der Waals surface area contributed by atoms with Gasteiger partial charge in [0.15, 0.2) is 6.61 Å². The number of aromatic nitrogens is 4. The molecule has 0 aliphatic carbocycles. The van der Waals surface area contributed by atoms with E-state index < -0.39 is 23.8 Å². The predicted molar refractivity (Wildman–Crippen MR) is 137 cm³/mol. The van der Waals surface area contributed by atoms with Crippen LogP contribution in [-0.4, -0.2) is 45.8 Å². The lowest BCUT2D eigenvalue weighted by Gasteiger charge is -2.17. The number of hydrogen-bond acceptors (Lipinski definition) is 9. The molecular weight excluding hydrogens is 527 g/mol. The van der Waals surface area contributed by atoms with Gasteiger partial charge in [-0.05, 0) is 55.2 Å². The van der Waals surface area contributed by atoms with Crippen LogP contribution in [0.25, 0.3) is 11.5 Å². The van der Waals surface area contributed by atoms with Gasteiger partial charge >= 0.3 is 12.1 Å². The normalized spacial score (nSPS) is 17.1. The predicted octanol–water partition coefficient (Wildman–Crippen LogP) is 4.98. The van der Waals surface area contributed by atoms with Crippen molar-refractivity contribution in [3.8, 4) is 17.2 Å². The molecule has 3 heterocycles. The van der Waals surface area contributed by atoms with Gasteiger partial charge in [0.25, 0.3) is 5.89 Å². The minimum atomic E-state index is -4.59. The quantitative estimate of drug-likeness (QED) is 0.265. The largest absolute Gasteiger partial charge is 0.485 e. The molecule has 2 aromatic heterocycles.